The Labute approximate surface area is 310 Å². The minimum Gasteiger partial charge on any atom is -0.490 e. The molecule has 2 saturated carbocycles. The number of hydrogen-bond acceptors (Lipinski definition) is 5. The first-order valence-electron chi connectivity index (χ1n) is 18.8. The van der Waals surface area contributed by atoms with Crippen molar-refractivity contribution in [2.45, 2.75) is 83.0 Å². The Kier molecular flexibility index (Phi) is 10.9. The average molecular weight is 727 g/mol. The number of halogens is 3. The molecule has 1 amide bonds. The molecule has 6 atom stereocenters. The number of carbonyl (C=O) groups excluding carboxylic acids is 1. The van der Waals surface area contributed by atoms with Gasteiger partial charge in [0, 0.05) is 24.3 Å². The number of alkyl halides is 3. The molecule has 2 fully saturated rings. The van der Waals surface area contributed by atoms with Gasteiger partial charge in [-0.2, -0.15) is 13.2 Å². The molecule has 0 heterocycles. The second-order valence-electron chi connectivity index (χ2n) is 15.5. The molecule has 0 radical (unpaired) electrons. The number of hydrogen-bond donors (Lipinski definition) is 1. The van der Waals surface area contributed by atoms with Gasteiger partial charge in [-0.1, -0.05) is 73.7 Å². The minimum absolute atomic E-state index is 0.000376. The zero-order chi connectivity index (χ0) is 37.2. The van der Waals surface area contributed by atoms with Crippen molar-refractivity contribution in [3.05, 3.63) is 125 Å². The number of rotatable bonds is 12. The molecule has 280 valence electrons. The van der Waals surface area contributed by atoms with Crippen LogP contribution in [-0.2, 0) is 35.3 Å². The summed E-state index contributed by atoms with van der Waals surface area (Å²) in [5.41, 5.74) is 3.20. The Morgan fingerprint density at radius 2 is 1.57 bits per heavy atom. The number of nitrogens with zero attached hydrogens (tertiary/aromatic N) is 1. The fourth-order valence-corrected chi connectivity index (χ4v) is 9.20. The maximum atomic E-state index is 14.5. The van der Waals surface area contributed by atoms with Crippen LogP contribution in [0.1, 0.15) is 72.8 Å². The third-order valence-corrected chi connectivity index (χ3v) is 11.7. The van der Waals surface area contributed by atoms with Gasteiger partial charge in [0.25, 0.3) is 0 Å². The highest BCUT2D eigenvalue weighted by atomic mass is 19.4. The minimum atomic E-state index is -4.69. The third kappa shape index (κ3) is 8.26. The second kappa shape index (κ2) is 15.6. The standard InChI is InChI=1S/C44H49F3N2O4/c1-43-26-39(53-33-16-20-38(37(25-33)44(45,46)47)48-41(50)22-23-49(2)3)42-34-18-15-32(51-27-29-10-6-4-7-11-29)24-31(34)14-17-35(42)36(43)19-21-40(43)52-28-30-12-8-5-9-13-30/h4-13,15-16,18,20,24-25,35-36,39-40,42H,14,17,19,21-23,26-28H2,1-3H3,(H,48,50)/t35-,36-,39-,40-,42+,43-/m0/s1. The van der Waals surface area contributed by atoms with Gasteiger partial charge in [0.05, 0.1) is 24.0 Å². The maximum Gasteiger partial charge on any atom is 0.418 e. The Bertz CT molecular complexity index is 1870. The molecule has 7 rings (SSSR count). The first-order chi connectivity index (χ1) is 25.5. The SMILES string of the molecule is CN(C)CCC(=O)Nc1ccc(O[C@H]2C[C@]3(C)[C@@H](OCc4ccccc4)CC[C@H]3[C@@H]3CCc4cc(OCc5ccccc5)ccc4[C@H]32)cc1C(F)(F)F. The van der Waals surface area contributed by atoms with Crippen molar-refractivity contribution in [2.75, 3.05) is 26.0 Å². The lowest BCUT2D eigenvalue weighted by molar-refractivity contribution is -0.137. The van der Waals surface area contributed by atoms with Crippen LogP contribution in [0.15, 0.2) is 97.1 Å². The predicted octanol–water partition coefficient (Wildman–Crippen LogP) is 9.67. The maximum absolute atomic E-state index is 14.5. The normalized spacial score (nSPS) is 24.9. The van der Waals surface area contributed by atoms with E-state index < -0.39 is 17.6 Å². The number of carbonyl (C=O) groups is 1. The molecule has 0 bridgehead atoms. The highest BCUT2D eigenvalue weighted by molar-refractivity contribution is 5.91. The van der Waals surface area contributed by atoms with Crippen molar-refractivity contribution in [2.24, 2.45) is 17.3 Å². The first kappa shape index (κ1) is 37.0. The molecule has 0 aliphatic heterocycles. The van der Waals surface area contributed by atoms with Crippen molar-refractivity contribution in [3.8, 4) is 11.5 Å². The second-order valence-corrected chi connectivity index (χ2v) is 15.5. The summed E-state index contributed by atoms with van der Waals surface area (Å²) < 4.78 is 63.2. The summed E-state index contributed by atoms with van der Waals surface area (Å²) in [6, 6.07) is 30.5. The molecular formula is C44H49F3N2O4. The van der Waals surface area contributed by atoms with Crippen molar-refractivity contribution in [3.63, 3.8) is 0 Å². The van der Waals surface area contributed by atoms with E-state index in [1.54, 1.807) is 6.07 Å². The van der Waals surface area contributed by atoms with Crippen molar-refractivity contribution >= 4 is 11.6 Å². The lowest BCUT2D eigenvalue weighted by Gasteiger charge is -2.53. The van der Waals surface area contributed by atoms with Gasteiger partial charge in [-0.25, -0.2) is 0 Å². The van der Waals surface area contributed by atoms with Crippen LogP contribution >= 0.6 is 0 Å². The number of anilines is 1. The quantitative estimate of drug-likeness (QED) is 0.158. The fourth-order valence-electron chi connectivity index (χ4n) is 9.20. The molecule has 4 aromatic rings. The molecule has 0 unspecified atom stereocenters. The lowest BCUT2D eigenvalue weighted by atomic mass is 9.54. The Balaban J connectivity index is 1.19. The number of fused-ring (bicyclic) bond motifs is 5. The van der Waals surface area contributed by atoms with E-state index in [0.29, 0.717) is 32.1 Å². The van der Waals surface area contributed by atoms with Crippen LogP contribution in [0.25, 0.3) is 0 Å². The van der Waals surface area contributed by atoms with E-state index >= 15 is 0 Å². The van der Waals surface area contributed by atoms with Crippen LogP contribution in [-0.4, -0.2) is 43.7 Å². The number of benzene rings is 4. The van der Waals surface area contributed by atoms with Gasteiger partial charge in [-0.05, 0) is 111 Å². The lowest BCUT2D eigenvalue weighted by Crippen LogP contribution is -2.52. The van der Waals surface area contributed by atoms with Gasteiger partial charge in [0.1, 0.15) is 24.2 Å². The van der Waals surface area contributed by atoms with Crippen LogP contribution in [0.3, 0.4) is 0 Å². The largest absolute Gasteiger partial charge is 0.490 e. The molecule has 0 spiro atoms. The summed E-state index contributed by atoms with van der Waals surface area (Å²) in [7, 11) is 3.62. The average Bonchev–Trinajstić information content (AvgIpc) is 3.48. The van der Waals surface area contributed by atoms with Crippen LogP contribution in [0.2, 0.25) is 0 Å². The van der Waals surface area contributed by atoms with Crippen LogP contribution in [0.5, 0.6) is 11.5 Å². The zero-order valence-corrected chi connectivity index (χ0v) is 30.7. The molecular weight excluding hydrogens is 677 g/mol. The Hall–Kier alpha value is -4.34. The smallest absolute Gasteiger partial charge is 0.418 e. The van der Waals surface area contributed by atoms with Crippen LogP contribution in [0.4, 0.5) is 18.9 Å². The molecule has 3 aliphatic carbocycles. The molecule has 9 heteroatoms. The Morgan fingerprint density at radius 3 is 2.26 bits per heavy atom. The van der Waals surface area contributed by atoms with E-state index in [1.165, 1.54) is 17.2 Å². The molecule has 1 N–H and O–H groups in total. The summed E-state index contributed by atoms with van der Waals surface area (Å²) in [4.78, 5) is 14.4. The molecule has 4 aromatic carbocycles. The van der Waals surface area contributed by atoms with Gasteiger partial charge in [-0.15, -0.1) is 0 Å². The topological polar surface area (TPSA) is 60.0 Å². The van der Waals surface area contributed by atoms with Gasteiger partial charge in [-0.3, -0.25) is 4.79 Å². The fraction of sp³-hybridized carbons (Fsp3) is 0.432. The molecule has 0 aromatic heterocycles. The van der Waals surface area contributed by atoms with E-state index in [1.807, 2.05) is 73.6 Å². The molecule has 6 nitrogen and oxygen atoms in total. The highest BCUT2D eigenvalue weighted by Crippen LogP contribution is 2.62. The summed E-state index contributed by atoms with van der Waals surface area (Å²) in [6.07, 6.45) is -0.523. The molecule has 53 heavy (non-hydrogen) atoms. The highest BCUT2D eigenvalue weighted by Gasteiger charge is 2.59. The summed E-state index contributed by atoms with van der Waals surface area (Å²) >= 11 is 0. The molecule has 0 saturated heterocycles. The van der Waals surface area contributed by atoms with Crippen LogP contribution in [0, 0.1) is 17.3 Å². The number of amides is 1. The monoisotopic (exact) mass is 726 g/mol. The van der Waals surface area contributed by atoms with Gasteiger partial charge < -0.3 is 24.4 Å². The van der Waals surface area contributed by atoms with E-state index in [4.69, 9.17) is 14.2 Å². The third-order valence-electron chi connectivity index (χ3n) is 11.7. The van der Waals surface area contributed by atoms with Crippen molar-refractivity contribution in [1.29, 1.82) is 0 Å². The predicted molar refractivity (Wildman–Crippen MR) is 200 cm³/mol. The summed E-state index contributed by atoms with van der Waals surface area (Å²) in [5.74, 6) is 1.14. The summed E-state index contributed by atoms with van der Waals surface area (Å²) in [6.45, 7) is 3.71. The van der Waals surface area contributed by atoms with Crippen LogP contribution < -0.4 is 14.8 Å². The van der Waals surface area contributed by atoms with Gasteiger partial charge in [0.2, 0.25) is 5.91 Å². The van der Waals surface area contributed by atoms with E-state index in [9.17, 15) is 18.0 Å². The zero-order valence-electron chi connectivity index (χ0n) is 30.7. The summed E-state index contributed by atoms with van der Waals surface area (Å²) in [5, 5.41) is 2.49. The van der Waals surface area contributed by atoms with Gasteiger partial charge >= 0.3 is 6.18 Å². The first-order valence-corrected chi connectivity index (χ1v) is 18.8. The van der Waals surface area contributed by atoms with E-state index in [0.717, 1.165) is 48.6 Å². The number of ether oxygens (including phenoxy) is 3. The number of aryl methyl sites for hydroxylation is 1. The van der Waals surface area contributed by atoms with Crippen molar-refractivity contribution in [1.82, 2.24) is 4.90 Å². The Morgan fingerprint density at radius 1 is 0.868 bits per heavy atom. The van der Waals surface area contributed by atoms with E-state index in [-0.39, 0.29) is 47.3 Å². The van der Waals surface area contributed by atoms with E-state index in [2.05, 4.69) is 36.5 Å². The number of nitrogens with one attached hydrogen (secondary N) is 1. The van der Waals surface area contributed by atoms with Gasteiger partial charge in [0.15, 0.2) is 0 Å². The molecule has 3 aliphatic rings. The van der Waals surface area contributed by atoms with Crippen molar-refractivity contribution < 1.29 is 32.2 Å².